The topological polar surface area (TPSA) is 30.2 Å². The van der Waals surface area contributed by atoms with E-state index in [1.165, 1.54) is 73.6 Å². The summed E-state index contributed by atoms with van der Waals surface area (Å²) in [5.74, 6) is 1.89. The van der Waals surface area contributed by atoms with Crippen molar-refractivity contribution in [3.05, 3.63) is 11.9 Å². The van der Waals surface area contributed by atoms with Crippen LogP contribution < -0.4 is 0 Å². The molecule has 0 amide bonds. The largest absolute Gasteiger partial charge is 0.222 e. The van der Waals surface area contributed by atoms with Gasteiger partial charge in [0.05, 0.1) is 11.9 Å². The summed E-state index contributed by atoms with van der Waals surface area (Å²) in [5, 5.41) is 4.76. The SMILES string of the molecule is CC1(CSc2nn3cc(C4CCCC4)nc3s2)CCCCC1. The van der Waals surface area contributed by atoms with E-state index in [2.05, 4.69) is 13.1 Å². The molecule has 3 nitrogen and oxygen atoms in total. The summed E-state index contributed by atoms with van der Waals surface area (Å²) in [4.78, 5) is 5.91. The third-order valence-electron chi connectivity index (χ3n) is 5.42. The van der Waals surface area contributed by atoms with Crippen molar-refractivity contribution in [1.29, 1.82) is 0 Å². The van der Waals surface area contributed by atoms with Gasteiger partial charge in [-0.2, -0.15) is 0 Å². The zero-order chi connectivity index (χ0) is 15.0. The number of imidazole rings is 1. The van der Waals surface area contributed by atoms with Crippen LogP contribution in [0.1, 0.15) is 76.3 Å². The molecule has 0 N–H and O–H groups in total. The highest BCUT2D eigenvalue weighted by Crippen LogP contribution is 2.41. The first kappa shape index (κ1) is 15.0. The maximum Gasteiger partial charge on any atom is 0.213 e. The summed E-state index contributed by atoms with van der Waals surface area (Å²) in [5.41, 5.74) is 1.79. The van der Waals surface area contributed by atoms with Crippen molar-refractivity contribution in [2.45, 2.75) is 75.0 Å². The van der Waals surface area contributed by atoms with Gasteiger partial charge in [-0.25, -0.2) is 9.50 Å². The van der Waals surface area contributed by atoms with Gasteiger partial charge in [0.25, 0.3) is 0 Å². The van der Waals surface area contributed by atoms with Crippen LogP contribution >= 0.6 is 23.1 Å². The number of nitrogens with zero attached hydrogens (tertiary/aromatic N) is 3. The van der Waals surface area contributed by atoms with Gasteiger partial charge in [0.2, 0.25) is 4.96 Å². The van der Waals surface area contributed by atoms with Crippen molar-refractivity contribution in [2.24, 2.45) is 5.41 Å². The van der Waals surface area contributed by atoms with Crippen LogP contribution in [0.2, 0.25) is 0 Å². The van der Waals surface area contributed by atoms with Gasteiger partial charge in [-0.05, 0) is 31.1 Å². The summed E-state index contributed by atoms with van der Waals surface area (Å²) in [6.45, 7) is 2.45. The van der Waals surface area contributed by atoms with Crippen molar-refractivity contribution in [3.63, 3.8) is 0 Å². The molecule has 5 heteroatoms. The third-order valence-corrected chi connectivity index (χ3v) is 7.91. The maximum atomic E-state index is 4.83. The molecule has 0 spiro atoms. The Labute approximate surface area is 140 Å². The van der Waals surface area contributed by atoms with Crippen LogP contribution in [0.5, 0.6) is 0 Å². The van der Waals surface area contributed by atoms with Crippen molar-refractivity contribution in [2.75, 3.05) is 5.75 Å². The van der Waals surface area contributed by atoms with E-state index in [0.717, 1.165) is 4.96 Å². The number of hydrogen-bond donors (Lipinski definition) is 0. The van der Waals surface area contributed by atoms with E-state index in [4.69, 9.17) is 10.1 Å². The second-order valence-electron chi connectivity index (χ2n) is 7.40. The van der Waals surface area contributed by atoms with Crippen LogP contribution in [0.3, 0.4) is 0 Å². The standard InChI is InChI=1S/C17H25N3S2/c1-17(9-5-2-6-10-17)12-21-16-19-20-11-14(18-15(20)22-16)13-7-3-4-8-13/h11,13H,2-10,12H2,1H3. The molecule has 0 bridgehead atoms. The van der Waals surface area contributed by atoms with Gasteiger partial charge >= 0.3 is 0 Å². The lowest BCUT2D eigenvalue weighted by atomic mass is 9.77. The van der Waals surface area contributed by atoms with Gasteiger partial charge in [0.1, 0.15) is 0 Å². The fourth-order valence-electron chi connectivity index (χ4n) is 3.96. The van der Waals surface area contributed by atoms with E-state index < -0.39 is 0 Å². The molecule has 2 aromatic heterocycles. The van der Waals surface area contributed by atoms with E-state index in [-0.39, 0.29) is 0 Å². The molecule has 0 saturated heterocycles. The van der Waals surface area contributed by atoms with Crippen LogP contribution in [-0.4, -0.2) is 20.4 Å². The van der Waals surface area contributed by atoms with Gasteiger partial charge < -0.3 is 0 Å². The van der Waals surface area contributed by atoms with Crippen LogP contribution in [0.25, 0.3) is 4.96 Å². The molecule has 2 aliphatic carbocycles. The molecule has 0 atom stereocenters. The number of hydrogen-bond acceptors (Lipinski definition) is 4. The first-order chi connectivity index (χ1) is 10.7. The van der Waals surface area contributed by atoms with Gasteiger partial charge in [0, 0.05) is 11.7 Å². The summed E-state index contributed by atoms with van der Waals surface area (Å²) in [7, 11) is 0. The number of aromatic nitrogens is 3. The molecule has 22 heavy (non-hydrogen) atoms. The smallest absolute Gasteiger partial charge is 0.213 e. The van der Waals surface area contributed by atoms with Crippen molar-refractivity contribution < 1.29 is 0 Å². The van der Waals surface area contributed by atoms with Gasteiger partial charge in [-0.3, -0.25) is 0 Å². The zero-order valence-electron chi connectivity index (χ0n) is 13.4. The Balaban J connectivity index is 1.43. The second-order valence-corrected chi connectivity index (χ2v) is 9.58. The van der Waals surface area contributed by atoms with Crippen molar-refractivity contribution >= 4 is 28.1 Å². The minimum atomic E-state index is 0.520. The highest BCUT2D eigenvalue weighted by molar-refractivity contribution is 8.01. The normalized spacial score (nSPS) is 22.6. The lowest BCUT2D eigenvalue weighted by Gasteiger charge is -2.32. The first-order valence-electron chi connectivity index (χ1n) is 8.71. The van der Waals surface area contributed by atoms with E-state index in [0.29, 0.717) is 11.3 Å². The first-order valence-corrected chi connectivity index (χ1v) is 10.5. The minimum Gasteiger partial charge on any atom is -0.222 e. The average Bonchev–Trinajstić information content (AvgIpc) is 3.21. The number of fused-ring (bicyclic) bond motifs is 1. The summed E-state index contributed by atoms with van der Waals surface area (Å²) in [6, 6.07) is 0. The molecule has 0 radical (unpaired) electrons. The Hall–Kier alpha value is -0.550. The molecule has 2 heterocycles. The van der Waals surface area contributed by atoms with Gasteiger partial charge in [0.15, 0.2) is 4.34 Å². The molecular formula is C17H25N3S2. The molecule has 0 unspecified atom stereocenters. The fraction of sp³-hybridized carbons (Fsp3) is 0.765. The molecule has 0 aliphatic heterocycles. The predicted molar refractivity (Wildman–Crippen MR) is 94.0 cm³/mol. The van der Waals surface area contributed by atoms with E-state index in [1.54, 1.807) is 11.3 Å². The summed E-state index contributed by atoms with van der Waals surface area (Å²) < 4.78 is 3.21. The Kier molecular flexibility index (Phi) is 4.20. The van der Waals surface area contributed by atoms with Crippen molar-refractivity contribution in [1.82, 2.24) is 14.6 Å². The summed E-state index contributed by atoms with van der Waals surface area (Å²) in [6.07, 6.45) is 14.5. The molecule has 0 aromatic carbocycles. The molecular weight excluding hydrogens is 310 g/mol. The zero-order valence-corrected chi connectivity index (χ0v) is 15.0. The van der Waals surface area contributed by atoms with Gasteiger partial charge in [-0.1, -0.05) is 62.1 Å². The second kappa shape index (κ2) is 6.16. The third kappa shape index (κ3) is 3.07. The lowest BCUT2D eigenvalue weighted by Crippen LogP contribution is -2.22. The van der Waals surface area contributed by atoms with Crippen LogP contribution in [0.15, 0.2) is 10.5 Å². The fourth-order valence-corrected chi connectivity index (χ4v) is 6.13. The van der Waals surface area contributed by atoms with Crippen LogP contribution in [0.4, 0.5) is 0 Å². The Bertz CT molecular complexity index is 602. The van der Waals surface area contributed by atoms with Crippen molar-refractivity contribution in [3.8, 4) is 0 Å². The summed E-state index contributed by atoms with van der Waals surface area (Å²) >= 11 is 3.71. The minimum absolute atomic E-state index is 0.520. The molecule has 2 fully saturated rings. The quantitative estimate of drug-likeness (QED) is 0.690. The number of thioether (sulfide) groups is 1. The maximum absolute atomic E-state index is 4.83. The average molecular weight is 336 g/mol. The van der Waals surface area contributed by atoms with Crippen LogP contribution in [-0.2, 0) is 0 Å². The van der Waals surface area contributed by atoms with E-state index >= 15 is 0 Å². The highest BCUT2D eigenvalue weighted by atomic mass is 32.2. The Morgan fingerprint density at radius 2 is 2.00 bits per heavy atom. The van der Waals surface area contributed by atoms with E-state index in [9.17, 15) is 0 Å². The molecule has 120 valence electrons. The lowest BCUT2D eigenvalue weighted by molar-refractivity contribution is 0.251. The monoisotopic (exact) mass is 335 g/mol. The van der Waals surface area contributed by atoms with Crippen LogP contribution in [0, 0.1) is 5.41 Å². The predicted octanol–water partition coefficient (Wildman–Crippen LogP) is 5.51. The Morgan fingerprint density at radius 3 is 2.73 bits per heavy atom. The van der Waals surface area contributed by atoms with E-state index in [1.807, 2.05) is 16.3 Å². The van der Waals surface area contributed by atoms with Gasteiger partial charge in [-0.15, -0.1) is 5.10 Å². The molecule has 2 aromatic rings. The highest BCUT2D eigenvalue weighted by Gasteiger charge is 2.27. The molecule has 2 saturated carbocycles. The molecule has 2 aliphatic rings. The molecule has 4 rings (SSSR count). The Morgan fingerprint density at radius 1 is 1.23 bits per heavy atom. The number of rotatable bonds is 4.